The summed E-state index contributed by atoms with van der Waals surface area (Å²) in [6, 6.07) is 1.37. The average molecular weight is 234 g/mol. The number of methoxy groups -OCH3 is 1. The Labute approximate surface area is 78.6 Å². The molecule has 1 aromatic carbocycles. The fourth-order valence-corrected chi connectivity index (χ4v) is 1.26. The summed E-state index contributed by atoms with van der Waals surface area (Å²) in [4.78, 5) is 0. The molecule has 0 saturated heterocycles. The van der Waals surface area contributed by atoms with Crippen LogP contribution in [0.3, 0.4) is 0 Å². The van der Waals surface area contributed by atoms with Crippen LogP contribution in [0.15, 0.2) is 10.5 Å². The van der Waals surface area contributed by atoms with Crippen LogP contribution in [0.25, 0.3) is 0 Å². The van der Waals surface area contributed by atoms with Crippen molar-refractivity contribution in [1.29, 1.82) is 0 Å². The third-order valence-electron chi connectivity index (χ3n) is 1.59. The SMILES string of the molecule is COc1c(F)cc(C)c(Br)c1N. The Balaban J connectivity index is 3.40. The van der Waals surface area contributed by atoms with Gasteiger partial charge in [0.1, 0.15) is 0 Å². The van der Waals surface area contributed by atoms with E-state index < -0.39 is 5.82 Å². The van der Waals surface area contributed by atoms with Crippen molar-refractivity contribution in [2.24, 2.45) is 0 Å². The molecule has 0 radical (unpaired) electrons. The standard InChI is InChI=1S/C8H9BrFNO/c1-4-3-5(10)8(12-2)7(11)6(4)9/h3H,11H2,1-2H3. The summed E-state index contributed by atoms with van der Waals surface area (Å²) in [5, 5.41) is 0. The molecule has 2 nitrogen and oxygen atoms in total. The Morgan fingerprint density at radius 1 is 1.58 bits per heavy atom. The minimum Gasteiger partial charge on any atom is -0.492 e. The molecule has 2 N–H and O–H groups in total. The van der Waals surface area contributed by atoms with Gasteiger partial charge in [0.2, 0.25) is 0 Å². The highest BCUT2D eigenvalue weighted by atomic mass is 79.9. The largest absolute Gasteiger partial charge is 0.492 e. The van der Waals surface area contributed by atoms with Crippen LogP contribution in [0, 0.1) is 12.7 Å². The van der Waals surface area contributed by atoms with Gasteiger partial charge in [-0.15, -0.1) is 0 Å². The Kier molecular flexibility index (Phi) is 2.57. The second kappa shape index (κ2) is 3.31. The van der Waals surface area contributed by atoms with Gasteiger partial charge in [-0.1, -0.05) is 0 Å². The maximum Gasteiger partial charge on any atom is 0.178 e. The van der Waals surface area contributed by atoms with Crippen molar-refractivity contribution < 1.29 is 9.13 Å². The first-order valence-electron chi connectivity index (χ1n) is 3.36. The van der Waals surface area contributed by atoms with E-state index in [2.05, 4.69) is 15.9 Å². The van der Waals surface area contributed by atoms with Crippen molar-refractivity contribution >= 4 is 21.6 Å². The van der Waals surface area contributed by atoms with Gasteiger partial charge >= 0.3 is 0 Å². The summed E-state index contributed by atoms with van der Waals surface area (Å²) in [6.07, 6.45) is 0. The Bertz CT molecular complexity index is 314. The Hall–Kier alpha value is -0.770. The van der Waals surface area contributed by atoms with Crippen LogP contribution in [-0.2, 0) is 0 Å². The first-order chi connectivity index (χ1) is 5.57. The predicted octanol–water partition coefficient (Wildman–Crippen LogP) is 2.49. The number of rotatable bonds is 1. The second-order valence-electron chi connectivity index (χ2n) is 2.44. The molecule has 0 spiro atoms. The fourth-order valence-electron chi connectivity index (χ4n) is 0.967. The summed E-state index contributed by atoms with van der Waals surface area (Å²) < 4.78 is 18.5. The van der Waals surface area contributed by atoms with Crippen molar-refractivity contribution in [1.82, 2.24) is 0 Å². The van der Waals surface area contributed by atoms with E-state index in [9.17, 15) is 4.39 Å². The highest BCUT2D eigenvalue weighted by Crippen LogP contribution is 2.34. The number of nitrogens with two attached hydrogens (primary N) is 1. The first-order valence-corrected chi connectivity index (χ1v) is 4.15. The molecule has 0 aliphatic heterocycles. The van der Waals surface area contributed by atoms with Crippen LogP contribution in [0.4, 0.5) is 10.1 Å². The molecule has 0 aromatic heterocycles. The van der Waals surface area contributed by atoms with E-state index in [0.29, 0.717) is 10.2 Å². The molecule has 0 bridgehead atoms. The smallest absolute Gasteiger partial charge is 0.178 e. The molecule has 0 amide bonds. The van der Waals surface area contributed by atoms with E-state index in [0.717, 1.165) is 5.56 Å². The monoisotopic (exact) mass is 233 g/mol. The number of nitrogen functional groups attached to an aromatic ring is 1. The Morgan fingerprint density at radius 2 is 2.17 bits per heavy atom. The van der Waals surface area contributed by atoms with Crippen LogP contribution in [0.2, 0.25) is 0 Å². The minimum absolute atomic E-state index is 0.0903. The number of aryl methyl sites for hydroxylation is 1. The predicted molar refractivity (Wildman–Crippen MR) is 49.8 cm³/mol. The third kappa shape index (κ3) is 1.39. The van der Waals surface area contributed by atoms with E-state index in [1.165, 1.54) is 13.2 Å². The zero-order valence-corrected chi connectivity index (χ0v) is 8.40. The normalized spacial score (nSPS) is 10.0. The zero-order valence-electron chi connectivity index (χ0n) is 6.82. The summed E-state index contributed by atoms with van der Waals surface area (Å²) in [5.74, 6) is -0.344. The summed E-state index contributed by atoms with van der Waals surface area (Å²) in [5.41, 5.74) is 6.64. The maximum atomic E-state index is 13.1. The van der Waals surface area contributed by atoms with E-state index in [-0.39, 0.29) is 5.75 Å². The van der Waals surface area contributed by atoms with Crippen LogP contribution in [-0.4, -0.2) is 7.11 Å². The minimum atomic E-state index is -0.435. The van der Waals surface area contributed by atoms with Crippen molar-refractivity contribution in [2.45, 2.75) is 6.92 Å². The third-order valence-corrected chi connectivity index (χ3v) is 2.64. The van der Waals surface area contributed by atoms with E-state index in [1.807, 2.05) is 0 Å². The molecule has 0 heterocycles. The Morgan fingerprint density at radius 3 is 2.67 bits per heavy atom. The van der Waals surface area contributed by atoms with Gasteiger partial charge in [-0.05, 0) is 34.5 Å². The van der Waals surface area contributed by atoms with Crippen molar-refractivity contribution in [3.8, 4) is 5.75 Å². The molecule has 4 heteroatoms. The summed E-state index contributed by atoms with van der Waals surface area (Å²) >= 11 is 3.23. The van der Waals surface area contributed by atoms with Gasteiger partial charge < -0.3 is 10.5 Å². The van der Waals surface area contributed by atoms with Crippen LogP contribution in [0.5, 0.6) is 5.75 Å². The maximum absolute atomic E-state index is 13.1. The molecule has 0 unspecified atom stereocenters. The molecule has 0 aliphatic rings. The van der Waals surface area contributed by atoms with E-state index in [4.69, 9.17) is 10.5 Å². The molecule has 0 fully saturated rings. The van der Waals surface area contributed by atoms with Crippen LogP contribution >= 0.6 is 15.9 Å². The van der Waals surface area contributed by atoms with Crippen LogP contribution < -0.4 is 10.5 Å². The van der Waals surface area contributed by atoms with Gasteiger partial charge in [-0.3, -0.25) is 0 Å². The van der Waals surface area contributed by atoms with Crippen molar-refractivity contribution in [3.63, 3.8) is 0 Å². The lowest BCUT2D eigenvalue weighted by molar-refractivity contribution is 0.388. The van der Waals surface area contributed by atoms with Gasteiger partial charge in [-0.25, -0.2) is 4.39 Å². The zero-order chi connectivity index (χ0) is 9.30. The molecule has 66 valence electrons. The highest BCUT2D eigenvalue weighted by Gasteiger charge is 2.12. The molecule has 1 aromatic rings. The van der Waals surface area contributed by atoms with Gasteiger partial charge in [0, 0.05) is 4.47 Å². The lowest BCUT2D eigenvalue weighted by Gasteiger charge is -2.09. The number of hydrogen-bond donors (Lipinski definition) is 1. The number of benzene rings is 1. The molecule has 1 rings (SSSR count). The second-order valence-corrected chi connectivity index (χ2v) is 3.23. The molecular formula is C8H9BrFNO. The molecule has 12 heavy (non-hydrogen) atoms. The fraction of sp³-hybridized carbons (Fsp3) is 0.250. The average Bonchev–Trinajstić information content (AvgIpc) is 2.01. The van der Waals surface area contributed by atoms with Crippen molar-refractivity contribution in [3.05, 3.63) is 21.9 Å². The highest BCUT2D eigenvalue weighted by molar-refractivity contribution is 9.10. The van der Waals surface area contributed by atoms with E-state index >= 15 is 0 Å². The summed E-state index contributed by atoms with van der Waals surface area (Å²) in [7, 11) is 1.39. The quantitative estimate of drug-likeness (QED) is 0.757. The topological polar surface area (TPSA) is 35.2 Å². The number of ether oxygens (including phenoxy) is 1. The summed E-state index contributed by atoms with van der Waals surface area (Å²) in [6.45, 7) is 1.77. The van der Waals surface area contributed by atoms with Crippen LogP contribution in [0.1, 0.15) is 5.56 Å². The van der Waals surface area contributed by atoms with Gasteiger partial charge in [0.15, 0.2) is 11.6 Å². The van der Waals surface area contributed by atoms with Crippen molar-refractivity contribution in [2.75, 3.05) is 12.8 Å². The number of hydrogen-bond acceptors (Lipinski definition) is 2. The van der Waals surface area contributed by atoms with Gasteiger partial charge in [0.25, 0.3) is 0 Å². The number of halogens is 2. The molecule has 0 saturated carbocycles. The lowest BCUT2D eigenvalue weighted by Crippen LogP contribution is -1.98. The number of anilines is 1. The first kappa shape index (κ1) is 9.32. The molecule has 0 aliphatic carbocycles. The molecular weight excluding hydrogens is 225 g/mol. The van der Waals surface area contributed by atoms with E-state index in [1.54, 1.807) is 6.92 Å². The van der Waals surface area contributed by atoms with Gasteiger partial charge in [-0.2, -0.15) is 0 Å². The lowest BCUT2D eigenvalue weighted by atomic mass is 10.2. The molecule has 0 atom stereocenters. The van der Waals surface area contributed by atoms with Gasteiger partial charge in [0.05, 0.1) is 12.8 Å².